The van der Waals surface area contributed by atoms with Crippen molar-refractivity contribution in [3.8, 4) is 23.0 Å². The van der Waals surface area contributed by atoms with Crippen molar-refractivity contribution in [2.45, 2.75) is 79.1 Å². The van der Waals surface area contributed by atoms with Gasteiger partial charge >= 0.3 is 0 Å². The van der Waals surface area contributed by atoms with Crippen LogP contribution in [0, 0.1) is 5.41 Å². The highest BCUT2D eigenvalue weighted by molar-refractivity contribution is 6.01. The number of unbranched alkanes of at least 4 members (excludes halogenated alkanes) is 4. The average Bonchev–Trinajstić information content (AvgIpc) is 3.67. The zero-order valence-corrected chi connectivity index (χ0v) is 50.0. The van der Waals surface area contributed by atoms with E-state index in [1.54, 1.807) is 0 Å². The highest BCUT2D eigenvalue weighted by Crippen LogP contribution is 2.32. The average molecular weight is 1130 g/mol. The van der Waals surface area contributed by atoms with Gasteiger partial charge in [0.05, 0.1) is 22.3 Å². The summed E-state index contributed by atoms with van der Waals surface area (Å²) in [4.78, 5) is 18.8. The number of nitrogens with zero attached hydrogens (tertiary/aromatic N) is 4. The number of rotatable bonds is 32. The molecule has 8 rings (SSSR count). The van der Waals surface area contributed by atoms with E-state index in [9.17, 15) is 0 Å². The Morgan fingerprint density at radius 3 is 0.647 bits per heavy atom. The van der Waals surface area contributed by atoms with E-state index in [4.69, 9.17) is 38.9 Å². The summed E-state index contributed by atoms with van der Waals surface area (Å²) in [6.45, 7) is 12.3. The fraction of sp³-hybridized carbons (Fsp3) is 0.273. The molecule has 0 amide bonds. The fourth-order valence-corrected chi connectivity index (χ4v) is 9.16. The van der Waals surface area contributed by atoms with Crippen LogP contribution in [0.4, 0.5) is 0 Å². The third-order valence-electron chi connectivity index (χ3n) is 14.3. The zero-order valence-electron chi connectivity index (χ0n) is 50.0. The number of benzene rings is 8. The predicted octanol–water partition coefficient (Wildman–Crippen LogP) is 17.9. The van der Waals surface area contributed by atoms with Gasteiger partial charge < -0.3 is 18.9 Å². The van der Waals surface area contributed by atoms with Crippen molar-refractivity contribution >= 4 is 45.8 Å². The minimum atomic E-state index is -0.890. The molecule has 0 atom stereocenters. The maximum Gasteiger partial charge on any atom is 0.119 e. The van der Waals surface area contributed by atoms with Gasteiger partial charge in [-0.05, 0) is 191 Å². The van der Waals surface area contributed by atoms with E-state index in [0.717, 1.165) is 144 Å². The smallest absolute Gasteiger partial charge is 0.119 e. The second-order valence-corrected chi connectivity index (χ2v) is 21.1. The van der Waals surface area contributed by atoms with Gasteiger partial charge in [0, 0.05) is 26.2 Å². The Kier molecular flexibility index (Phi) is 25.0. The molecule has 0 aliphatic carbocycles. The summed E-state index contributed by atoms with van der Waals surface area (Å²) in [5.74, 6) is 16.2. The quantitative estimate of drug-likeness (QED) is 0.0311. The molecule has 0 spiro atoms. The molecule has 0 bridgehead atoms. The highest BCUT2D eigenvalue weighted by atomic mass is 16.5. The van der Waals surface area contributed by atoms with Crippen LogP contribution < -0.4 is 18.9 Å². The normalized spacial score (nSPS) is 11.2. The zero-order chi connectivity index (χ0) is 59.0. The standard InChI is InChI=1S/C77H80N4O4/c1-5-9-49-78-53-73(61-25-17-13-18-26-61)65-33-41-69(42-34-65)82-57-77(58-83-70-43-35-66(36-44-70)74(54-79-50-10-6-2)62-27-19-14-20-28-62,59-84-71-45-37-67(38-46-71)75(55-80-51-11-7-3)63-29-21-15-22-30-63)60-85-72-47-39-68(40-48-72)76(56-81-52-12-8-4)64-31-23-16-24-32-64/h13-48H,5-12,49-52,57-60H2,1-4H3. The maximum atomic E-state index is 6.89. The first-order chi connectivity index (χ1) is 42.0. The maximum absolute atomic E-state index is 6.89. The lowest BCUT2D eigenvalue weighted by Gasteiger charge is -2.33. The van der Waals surface area contributed by atoms with E-state index in [-0.39, 0.29) is 26.4 Å². The molecule has 0 saturated heterocycles. The highest BCUT2D eigenvalue weighted by Gasteiger charge is 2.36. The summed E-state index contributed by atoms with van der Waals surface area (Å²) in [6.07, 6.45) is 8.29. The van der Waals surface area contributed by atoms with Crippen LogP contribution in [-0.4, -0.2) is 76.1 Å². The Bertz CT molecular complexity index is 3050. The summed E-state index contributed by atoms with van der Waals surface area (Å²) in [6, 6.07) is 73.8. The van der Waals surface area contributed by atoms with Crippen LogP contribution in [0.15, 0.2) is 238 Å². The summed E-state index contributed by atoms with van der Waals surface area (Å²) in [5.41, 5.74) is 11.0. The fourth-order valence-electron chi connectivity index (χ4n) is 9.16. The molecule has 85 heavy (non-hydrogen) atoms. The van der Waals surface area contributed by atoms with Gasteiger partial charge in [-0.15, -0.1) is 0 Å². The van der Waals surface area contributed by atoms with Gasteiger partial charge in [0.15, 0.2) is 0 Å². The van der Waals surface area contributed by atoms with E-state index in [1.165, 1.54) is 0 Å². The first kappa shape index (κ1) is 61.8. The molecule has 0 N–H and O–H groups in total. The molecule has 8 aromatic carbocycles. The molecule has 8 aromatic rings. The van der Waals surface area contributed by atoms with E-state index in [0.29, 0.717) is 23.0 Å². The monoisotopic (exact) mass is 1120 g/mol. The molecule has 0 aromatic heterocycles. The second-order valence-electron chi connectivity index (χ2n) is 21.1. The Morgan fingerprint density at radius 1 is 0.271 bits per heavy atom. The Hall–Kier alpha value is -9.24. The summed E-state index contributed by atoms with van der Waals surface area (Å²) in [5, 5.41) is 0. The lowest BCUT2D eigenvalue weighted by atomic mass is 9.91. The van der Waals surface area contributed by atoms with Gasteiger partial charge in [-0.25, -0.2) is 20.0 Å². The molecular weight excluding hydrogens is 1040 g/mol. The van der Waals surface area contributed by atoms with Gasteiger partial charge in [-0.3, -0.25) is 0 Å². The van der Waals surface area contributed by atoms with Crippen molar-refractivity contribution in [2.75, 3.05) is 52.6 Å². The Labute approximate surface area is 505 Å². The van der Waals surface area contributed by atoms with Crippen LogP contribution in [0.5, 0.6) is 23.0 Å². The van der Waals surface area contributed by atoms with Crippen LogP contribution in [0.1, 0.15) is 124 Å². The van der Waals surface area contributed by atoms with E-state index >= 15 is 0 Å². The van der Waals surface area contributed by atoms with Crippen molar-refractivity contribution in [1.82, 2.24) is 0 Å². The molecule has 0 saturated carbocycles. The van der Waals surface area contributed by atoms with Crippen molar-refractivity contribution in [2.24, 2.45) is 25.4 Å². The number of ether oxygens (including phenoxy) is 4. The minimum Gasteiger partial charge on any atom is -0.493 e. The van der Waals surface area contributed by atoms with Gasteiger partial charge in [0.1, 0.15) is 54.8 Å². The lowest BCUT2D eigenvalue weighted by Crippen LogP contribution is -2.45. The predicted molar refractivity (Wildman–Crippen MR) is 355 cm³/mol. The third-order valence-corrected chi connectivity index (χ3v) is 14.3. The molecule has 0 radical (unpaired) electrons. The molecule has 8 nitrogen and oxygen atoms in total. The molecule has 432 valence electrons. The van der Waals surface area contributed by atoms with Crippen LogP contribution in [0.25, 0.3) is 22.3 Å². The summed E-state index contributed by atoms with van der Waals surface area (Å²) >= 11 is 0. The molecule has 0 aliphatic rings. The molecule has 0 fully saturated rings. The summed E-state index contributed by atoms with van der Waals surface area (Å²) < 4.78 is 27.6. The van der Waals surface area contributed by atoms with Crippen molar-refractivity contribution in [3.05, 3.63) is 263 Å². The largest absolute Gasteiger partial charge is 0.493 e. The first-order valence-electron chi connectivity index (χ1n) is 30.3. The molecule has 0 heterocycles. The molecule has 0 unspecified atom stereocenters. The van der Waals surface area contributed by atoms with Gasteiger partial charge in [0.2, 0.25) is 0 Å². The van der Waals surface area contributed by atoms with Crippen molar-refractivity contribution in [3.63, 3.8) is 0 Å². The Morgan fingerprint density at radius 2 is 0.459 bits per heavy atom. The third kappa shape index (κ3) is 19.4. The SMILES string of the molecule is CCCCN=C=C(c1ccccc1)c1ccc(OCC(COc2ccc(C(=C=NCCCC)c3ccccc3)cc2)(COc2ccc(C(=C=NCCCC)c3ccccc3)cc2)COc2ccc(C(=C=NCCCC)c3ccccc3)cc2)cc1. The van der Waals surface area contributed by atoms with Gasteiger partial charge in [-0.1, -0.05) is 175 Å². The van der Waals surface area contributed by atoms with Crippen LogP contribution in [0.2, 0.25) is 0 Å². The molecule has 8 heteroatoms. The van der Waals surface area contributed by atoms with Crippen molar-refractivity contribution < 1.29 is 18.9 Å². The van der Waals surface area contributed by atoms with Crippen LogP contribution >= 0.6 is 0 Å². The topological polar surface area (TPSA) is 86.4 Å². The van der Waals surface area contributed by atoms with E-state index in [2.05, 4.69) is 148 Å². The first-order valence-corrected chi connectivity index (χ1v) is 30.3. The molecular formula is C77H80N4O4. The van der Waals surface area contributed by atoms with E-state index < -0.39 is 5.41 Å². The summed E-state index contributed by atoms with van der Waals surface area (Å²) in [7, 11) is 0. The number of hydrogen-bond donors (Lipinski definition) is 0. The Balaban J connectivity index is 1.15. The number of aliphatic imine (C=N–C) groups is 4. The van der Waals surface area contributed by atoms with Gasteiger partial charge in [0.25, 0.3) is 0 Å². The second kappa shape index (κ2) is 34.4. The lowest BCUT2D eigenvalue weighted by molar-refractivity contribution is -0.00352. The molecule has 0 aliphatic heterocycles. The van der Waals surface area contributed by atoms with E-state index in [1.807, 2.05) is 121 Å². The van der Waals surface area contributed by atoms with Crippen LogP contribution in [0.3, 0.4) is 0 Å². The van der Waals surface area contributed by atoms with Crippen molar-refractivity contribution in [1.29, 1.82) is 0 Å². The van der Waals surface area contributed by atoms with Crippen LogP contribution in [-0.2, 0) is 0 Å². The van der Waals surface area contributed by atoms with Gasteiger partial charge in [-0.2, -0.15) is 0 Å². The number of hydrogen-bond acceptors (Lipinski definition) is 8. The minimum absolute atomic E-state index is 0.180.